The summed E-state index contributed by atoms with van der Waals surface area (Å²) in [4.78, 5) is 1.25. The Morgan fingerprint density at radius 1 is 1.27 bits per heavy atom. The summed E-state index contributed by atoms with van der Waals surface area (Å²) in [6.45, 7) is 1.86. The van der Waals surface area contributed by atoms with E-state index >= 15 is 0 Å². The Hall–Kier alpha value is -0.870. The monoisotopic (exact) mass is 162 g/mol. The molecule has 0 aliphatic carbocycles. The molecule has 0 spiro atoms. The van der Waals surface area contributed by atoms with Crippen LogP contribution in [-0.2, 0) is 0 Å². The Balaban J connectivity index is 3.09. The smallest absolute Gasteiger partial charge is 0.0380 e. The van der Waals surface area contributed by atoms with Crippen molar-refractivity contribution in [2.24, 2.45) is 0 Å². The van der Waals surface area contributed by atoms with Gasteiger partial charge in [-0.3, -0.25) is 0 Å². The van der Waals surface area contributed by atoms with Crippen molar-refractivity contribution in [3.63, 3.8) is 0 Å². The highest BCUT2D eigenvalue weighted by atomic mass is 32.2. The molecule has 0 saturated carbocycles. The Bertz CT molecular complexity index is 291. The lowest BCUT2D eigenvalue weighted by atomic mass is 10.2. The molecule has 0 nitrogen and oxygen atoms in total. The number of rotatable bonds is 1. The third-order valence-electron chi connectivity index (χ3n) is 1.37. The SMILES string of the molecule is CC#Cc1ccccc1SC. The van der Waals surface area contributed by atoms with E-state index in [1.807, 2.05) is 25.1 Å². The zero-order chi connectivity index (χ0) is 8.10. The first kappa shape index (κ1) is 8.23. The second kappa shape index (κ2) is 4.10. The Morgan fingerprint density at radius 3 is 2.64 bits per heavy atom. The van der Waals surface area contributed by atoms with Crippen LogP contribution in [0.5, 0.6) is 0 Å². The molecule has 1 aromatic carbocycles. The van der Waals surface area contributed by atoms with Gasteiger partial charge in [-0.2, -0.15) is 0 Å². The molecular weight excluding hydrogens is 152 g/mol. The van der Waals surface area contributed by atoms with Gasteiger partial charge in [0.15, 0.2) is 0 Å². The third kappa shape index (κ3) is 2.03. The molecule has 56 valence electrons. The van der Waals surface area contributed by atoms with Crippen LogP contribution in [0.4, 0.5) is 0 Å². The molecule has 1 aromatic rings. The predicted molar refractivity (Wildman–Crippen MR) is 50.8 cm³/mol. The Morgan fingerprint density at radius 2 is 2.00 bits per heavy atom. The van der Waals surface area contributed by atoms with Crippen molar-refractivity contribution < 1.29 is 0 Å². The van der Waals surface area contributed by atoms with E-state index in [1.54, 1.807) is 11.8 Å². The molecule has 0 heterocycles. The molecule has 0 bridgehead atoms. The molecule has 0 N–H and O–H groups in total. The molecule has 0 radical (unpaired) electrons. The first-order valence-electron chi connectivity index (χ1n) is 3.44. The number of hydrogen-bond donors (Lipinski definition) is 0. The van der Waals surface area contributed by atoms with Gasteiger partial charge in [0.25, 0.3) is 0 Å². The van der Waals surface area contributed by atoms with Crippen LogP contribution < -0.4 is 0 Å². The summed E-state index contributed by atoms with van der Waals surface area (Å²) in [5, 5.41) is 0. The maximum Gasteiger partial charge on any atom is 0.0380 e. The summed E-state index contributed by atoms with van der Waals surface area (Å²) < 4.78 is 0. The summed E-state index contributed by atoms with van der Waals surface area (Å²) >= 11 is 1.73. The van der Waals surface area contributed by atoms with Gasteiger partial charge in [0.1, 0.15) is 0 Å². The number of benzene rings is 1. The van der Waals surface area contributed by atoms with E-state index < -0.39 is 0 Å². The van der Waals surface area contributed by atoms with Gasteiger partial charge in [-0.25, -0.2) is 0 Å². The molecule has 1 heteroatoms. The van der Waals surface area contributed by atoms with Crippen molar-refractivity contribution in [3.05, 3.63) is 29.8 Å². The first-order chi connectivity index (χ1) is 5.38. The molecule has 11 heavy (non-hydrogen) atoms. The van der Waals surface area contributed by atoms with E-state index in [2.05, 4.69) is 24.2 Å². The largest absolute Gasteiger partial charge is 0.128 e. The van der Waals surface area contributed by atoms with Crippen molar-refractivity contribution in [2.45, 2.75) is 11.8 Å². The summed E-state index contributed by atoms with van der Waals surface area (Å²) in [5.74, 6) is 5.95. The topological polar surface area (TPSA) is 0 Å². The van der Waals surface area contributed by atoms with Crippen molar-refractivity contribution in [1.82, 2.24) is 0 Å². The van der Waals surface area contributed by atoms with Crippen LogP contribution in [0.2, 0.25) is 0 Å². The highest BCUT2D eigenvalue weighted by Gasteiger charge is 1.93. The fourth-order valence-electron chi connectivity index (χ4n) is 0.883. The van der Waals surface area contributed by atoms with Crippen molar-refractivity contribution in [2.75, 3.05) is 6.26 Å². The average molecular weight is 162 g/mol. The highest BCUT2D eigenvalue weighted by molar-refractivity contribution is 7.98. The zero-order valence-electron chi connectivity index (χ0n) is 6.72. The standard InChI is InChI=1S/C10H10S/c1-3-6-9-7-4-5-8-10(9)11-2/h4-5,7-8H,1-2H3. The minimum atomic E-state index is 1.13. The third-order valence-corrected chi connectivity index (χ3v) is 2.16. The van der Waals surface area contributed by atoms with Crippen LogP contribution in [0.3, 0.4) is 0 Å². The first-order valence-corrected chi connectivity index (χ1v) is 4.66. The van der Waals surface area contributed by atoms with Gasteiger partial charge in [-0.05, 0) is 25.3 Å². The van der Waals surface area contributed by atoms with Gasteiger partial charge in [-0.15, -0.1) is 17.7 Å². The second-order valence-electron chi connectivity index (χ2n) is 2.08. The number of hydrogen-bond acceptors (Lipinski definition) is 1. The van der Waals surface area contributed by atoms with Crippen LogP contribution in [0.1, 0.15) is 12.5 Å². The Labute approximate surface area is 72.0 Å². The van der Waals surface area contributed by atoms with Crippen LogP contribution in [-0.4, -0.2) is 6.26 Å². The zero-order valence-corrected chi connectivity index (χ0v) is 7.53. The van der Waals surface area contributed by atoms with Crippen molar-refractivity contribution >= 4 is 11.8 Å². The van der Waals surface area contributed by atoms with Gasteiger partial charge in [0.2, 0.25) is 0 Å². The molecule has 0 fully saturated rings. The van der Waals surface area contributed by atoms with Gasteiger partial charge in [-0.1, -0.05) is 18.1 Å². The minimum absolute atomic E-state index is 1.13. The summed E-state index contributed by atoms with van der Waals surface area (Å²) in [5.41, 5.74) is 1.13. The van der Waals surface area contributed by atoms with Crippen LogP contribution in [0.25, 0.3) is 0 Å². The maximum absolute atomic E-state index is 3.06. The van der Waals surface area contributed by atoms with Gasteiger partial charge in [0, 0.05) is 10.5 Å². The Kier molecular flexibility index (Phi) is 3.07. The summed E-state index contributed by atoms with van der Waals surface area (Å²) in [7, 11) is 0. The van der Waals surface area contributed by atoms with E-state index in [0.717, 1.165) is 5.56 Å². The molecule has 0 amide bonds. The minimum Gasteiger partial charge on any atom is -0.128 e. The molecule has 0 atom stereocenters. The van der Waals surface area contributed by atoms with Gasteiger partial charge < -0.3 is 0 Å². The van der Waals surface area contributed by atoms with Gasteiger partial charge in [0.05, 0.1) is 0 Å². The maximum atomic E-state index is 3.06. The second-order valence-corrected chi connectivity index (χ2v) is 2.92. The molecule has 1 rings (SSSR count). The fraction of sp³-hybridized carbons (Fsp3) is 0.200. The van der Waals surface area contributed by atoms with E-state index in [4.69, 9.17) is 0 Å². The predicted octanol–water partition coefficient (Wildman–Crippen LogP) is 2.78. The lowest BCUT2D eigenvalue weighted by molar-refractivity contribution is 1.42. The van der Waals surface area contributed by atoms with Crippen LogP contribution in [0.15, 0.2) is 29.2 Å². The normalized spacial score (nSPS) is 8.55. The molecule has 0 saturated heterocycles. The van der Waals surface area contributed by atoms with E-state index in [-0.39, 0.29) is 0 Å². The molecular formula is C10H10S. The molecule has 0 aliphatic heterocycles. The van der Waals surface area contributed by atoms with E-state index in [0.29, 0.717) is 0 Å². The van der Waals surface area contributed by atoms with E-state index in [1.165, 1.54) is 4.90 Å². The molecule has 0 unspecified atom stereocenters. The fourth-order valence-corrected chi connectivity index (χ4v) is 1.44. The quantitative estimate of drug-likeness (QED) is 0.452. The van der Waals surface area contributed by atoms with E-state index in [9.17, 15) is 0 Å². The van der Waals surface area contributed by atoms with Gasteiger partial charge >= 0.3 is 0 Å². The van der Waals surface area contributed by atoms with Crippen molar-refractivity contribution in [3.8, 4) is 11.8 Å². The lowest BCUT2D eigenvalue weighted by Crippen LogP contribution is -1.77. The average Bonchev–Trinajstić information content (AvgIpc) is 2.06. The summed E-state index contributed by atoms with van der Waals surface area (Å²) in [6.07, 6.45) is 2.07. The summed E-state index contributed by atoms with van der Waals surface area (Å²) in [6, 6.07) is 8.18. The number of thioether (sulfide) groups is 1. The molecule has 0 aliphatic rings. The van der Waals surface area contributed by atoms with Crippen molar-refractivity contribution in [1.29, 1.82) is 0 Å². The lowest BCUT2D eigenvalue weighted by Gasteiger charge is -1.97. The molecule has 0 aromatic heterocycles. The van der Waals surface area contributed by atoms with Crippen LogP contribution in [0, 0.1) is 11.8 Å². The highest BCUT2D eigenvalue weighted by Crippen LogP contribution is 2.18. The van der Waals surface area contributed by atoms with Crippen LogP contribution >= 0.6 is 11.8 Å².